The first-order valence-electron chi connectivity index (χ1n) is 4.80. The summed E-state index contributed by atoms with van der Waals surface area (Å²) in [5.41, 5.74) is 6.75. The van der Waals surface area contributed by atoms with Gasteiger partial charge in [0.05, 0.1) is 6.20 Å². The Morgan fingerprint density at radius 3 is 2.62 bits per heavy atom. The molecule has 0 saturated heterocycles. The van der Waals surface area contributed by atoms with Crippen molar-refractivity contribution in [1.29, 1.82) is 0 Å². The molecule has 1 heterocycles. The van der Waals surface area contributed by atoms with E-state index in [1.54, 1.807) is 12.1 Å². The van der Waals surface area contributed by atoms with Gasteiger partial charge in [0.25, 0.3) is 0 Å². The molecule has 1 aromatic carbocycles. The summed E-state index contributed by atoms with van der Waals surface area (Å²) in [4.78, 5) is 3.66. The Labute approximate surface area is 91.7 Å². The first-order valence-corrected chi connectivity index (χ1v) is 4.80. The quantitative estimate of drug-likeness (QED) is 0.844. The Bertz CT molecular complexity index is 512. The zero-order valence-electron chi connectivity index (χ0n) is 8.45. The van der Waals surface area contributed by atoms with Gasteiger partial charge in [-0.1, -0.05) is 6.07 Å². The minimum atomic E-state index is -0.433. The van der Waals surface area contributed by atoms with Gasteiger partial charge in [-0.3, -0.25) is 4.98 Å². The van der Waals surface area contributed by atoms with Crippen LogP contribution in [0.3, 0.4) is 0 Å². The molecule has 0 fully saturated rings. The van der Waals surface area contributed by atoms with Crippen molar-refractivity contribution in [2.75, 3.05) is 0 Å². The maximum Gasteiger partial charge on any atom is 0.149 e. The van der Waals surface area contributed by atoms with E-state index in [1.165, 1.54) is 18.3 Å². The van der Waals surface area contributed by atoms with Crippen LogP contribution in [-0.2, 0) is 6.54 Å². The van der Waals surface area contributed by atoms with E-state index in [0.717, 1.165) is 6.20 Å². The van der Waals surface area contributed by atoms with Gasteiger partial charge in [0.15, 0.2) is 0 Å². The fraction of sp³-hybridized carbons (Fsp3) is 0.0833. The number of benzene rings is 1. The molecule has 82 valence electrons. The zero-order valence-corrected chi connectivity index (χ0v) is 8.45. The summed E-state index contributed by atoms with van der Waals surface area (Å²) >= 11 is 0. The van der Waals surface area contributed by atoms with E-state index in [-0.39, 0.29) is 12.4 Å². The van der Waals surface area contributed by atoms with Gasteiger partial charge >= 0.3 is 0 Å². The highest BCUT2D eigenvalue weighted by atomic mass is 19.1. The molecule has 0 unspecified atom stereocenters. The first-order chi connectivity index (χ1) is 7.72. The SMILES string of the molecule is NCc1cc(-c2ccncc2F)ccc1F. The van der Waals surface area contributed by atoms with Gasteiger partial charge in [-0.25, -0.2) is 8.78 Å². The average Bonchev–Trinajstić information content (AvgIpc) is 2.31. The van der Waals surface area contributed by atoms with Crippen LogP contribution in [0.15, 0.2) is 36.7 Å². The molecule has 0 aliphatic heterocycles. The molecule has 2 aromatic rings. The van der Waals surface area contributed by atoms with E-state index in [1.807, 2.05) is 0 Å². The molecule has 2 rings (SSSR count). The van der Waals surface area contributed by atoms with Crippen LogP contribution in [0.5, 0.6) is 0 Å². The standard InChI is InChI=1S/C12H10F2N2/c13-11-2-1-8(5-9(11)6-15)10-3-4-16-7-12(10)14/h1-5,7H,6,15H2. The van der Waals surface area contributed by atoms with Gasteiger partial charge in [0.2, 0.25) is 0 Å². The van der Waals surface area contributed by atoms with Crippen LogP contribution in [0.4, 0.5) is 8.78 Å². The second kappa shape index (κ2) is 4.37. The lowest BCUT2D eigenvalue weighted by atomic mass is 10.0. The molecule has 0 radical (unpaired) electrons. The predicted molar refractivity (Wildman–Crippen MR) is 57.5 cm³/mol. The van der Waals surface area contributed by atoms with Gasteiger partial charge in [-0.05, 0) is 23.8 Å². The third kappa shape index (κ3) is 1.92. The molecule has 0 saturated carbocycles. The second-order valence-corrected chi connectivity index (χ2v) is 3.37. The van der Waals surface area contributed by atoms with Crippen LogP contribution in [-0.4, -0.2) is 4.98 Å². The molecule has 0 amide bonds. The first kappa shape index (κ1) is 10.7. The van der Waals surface area contributed by atoms with Gasteiger partial charge in [-0.15, -0.1) is 0 Å². The maximum absolute atomic E-state index is 13.4. The number of nitrogens with two attached hydrogens (primary N) is 1. The van der Waals surface area contributed by atoms with Crippen molar-refractivity contribution in [3.05, 3.63) is 53.9 Å². The highest BCUT2D eigenvalue weighted by Gasteiger charge is 2.07. The number of nitrogens with zero attached hydrogens (tertiary/aromatic N) is 1. The van der Waals surface area contributed by atoms with E-state index in [0.29, 0.717) is 16.7 Å². The third-order valence-electron chi connectivity index (χ3n) is 2.35. The topological polar surface area (TPSA) is 38.9 Å². The molecule has 0 aliphatic carbocycles. The van der Waals surface area contributed by atoms with Gasteiger partial charge < -0.3 is 5.73 Å². The summed E-state index contributed by atoms with van der Waals surface area (Å²) in [5, 5.41) is 0. The molecule has 0 spiro atoms. The molecule has 1 aromatic heterocycles. The summed E-state index contributed by atoms with van der Waals surface area (Å²) in [7, 11) is 0. The lowest BCUT2D eigenvalue weighted by Crippen LogP contribution is -2.00. The normalized spacial score (nSPS) is 10.4. The monoisotopic (exact) mass is 220 g/mol. The summed E-state index contributed by atoms with van der Waals surface area (Å²) in [6.45, 7) is 0.0897. The Hall–Kier alpha value is -1.81. The summed E-state index contributed by atoms with van der Waals surface area (Å²) < 4.78 is 26.6. The van der Waals surface area contributed by atoms with Crippen molar-refractivity contribution in [2.45, 2.75) is 6.54 Å². The maximum atomic E-state index is 13.4. The van der Waals surface area contributed by atoms with Crippen molar-refractivity contribution in [2.24, 2.45) is 5.73 Å². The Balaban J connectivity index is 2.53. The Morgan fingerprint density at radius 2 is 1.94 bits per heavy atom. The van der Waals surface area contributed by atoms with Crippen molar-refractivity contribution >= 4 is 0 Å². The number of hydrogen-bond donors (Lipinski definition) is 1. The van der Waals surface area contributed by atoms with Gasteiger partial charge in [0.1, 0.15) is 11.6 Å². The molecular formula is C12H10F2N2. The van der Waals surface area contributed by atoms with Crippen LogP contribution < -0.4 is 5.73 Å². The van der Waals surface area contributed by atoms with Crippen LogP contribution in [0.1, 0.15) is 5.56 Å². The van der Waals surface area contributed by atoms with Crippen LogP contribution in [0.2, 0.25) is 0 Å². The van der Waals surface area contributed by atoms with E-state index in [4.69, 9.17) is 5.73 Å². The van der Waals surface area contributed by atoms with E-state index < -0.39 is 5.82 Å². The molecule has 2 N–H and O–H groups in total. The van der Waals surface area contributed by atoms with Crippen molar-refractivity contribution in [3.8, 4) is 11.1 Å². The molecule has 0 bridgehead atoms. The molecule has 0 aliphatic rings. The van der Waals surface area contributed by atoms with E-state index >= 15 is 0 Å². The minimum Gasteiger partial charge on any atom is -0.326 e. The summed E-state index contributed by atoms with van der Waals surface area (Å²) in [5.74, 6) is -0.808. The summed E-state index contributed by atoms with van der Waals surface area (Å²) in [6.07, 6.45) is 2.62. The Morgan fingerprint density at radius 1 is 1.12 bits per heavy atom. The van der Waals surface area contributed by atoms with Crippen LogP contribution >= 0.6 is 0 Å². The number of pyridine rings is 1. The molecule has 2 nitrogen and oxygen atoms in total. The smallest absolute Gasteiger partial charge is 0.149 e. The van der Waals surface area contributed by atoms with Gasteiger partial charge in [-0.2, -0.15) is 0 Å². The van der Waals surface area contributed by atoms with E-state index in [9.17, 15) is 8.78 Å². The van der Waals surface area contributed by atoms with Gasteiger partial charge in [0, 0.05) is 23.9 Å². The molecular weight excluding hydrogens is 210 g/mol. The number of rotatable bonds is 2. The average molecular weight is 220 g/mol. The lowest BCUT2D eigenvalue weighted by molar-refractivity contribution is 0.610. The Kier molecular flexibility index (Phi) is 2.92. The number of aromatic nitrogens is 1. The molecule has 16 heavy (non-hydrogen) atoms. The number of halogens is 2. The number of hydrogen-bond acceptors (Lipinski definition) is 2. The summed E-state index contributed by atoms with van der Waals surface area (Å²) in [6, 6.07) is 5.90. The van der Waals surface area contributed by atoms with Crippen molar-refractivity contribution in [3.63, 3.8) is 0 Å². The fourth-order valence-corrected chi connectivity index (χ4v) is 1.51. The third-order valence-corrected chi connectivity index (χ3v) is 2.35. The highest BCUT2D eigenvalue weighted by Crippen LogP contribution is 2.23. The van der Waals surface area contributed by atoms with Crippen LogP contribution in [0, 0.1) is 11.6 Å². The van der Waals surface area contributed by atoms with E-state index in [2.05, 4.69) is 4.98 Å². The zero-order chi connectivity index (χ0) is 11.5. The second-order valence-electron chi connectivity index (χ2n) is 3.37. The predicted octanol–water partition coefficient (Wildman–Crippen LogP) is 2.49. The minimum absolute atomic E-state index is 0.0897. The fourth-order valence-electron chi connectivity index (χ4n) is 1.51. The van der Waals surface area contributed by atoms with Crippen molar-refractivity contribution in [1.82, 2.24) is 4.98 Å². The highest BCUT2D eigenvalue weighted by molar-refractivity contribution is 5.64. The molecule has 4 heteroatoms. The van der Waals surface area contributed by atoms with Crippen molar-refractivity contribution < 1.29 is 8.78 Å². The largest absolute Gasteiger partial charge is 0.326 e. The molecule has 0 atom stereocenters. The van der Waals surface area contributed by atoms with Crippen LogP contribution in [0.25, 0.3) is 11.1 Å². The lowest BCUT2D eigenvalue weighted by Gasteiger charge is -2.05.